The van der Waals surface area contributed by atoms with Gasteiger partial charge in [0, 0.05) is 0 Å². The maximum Gasteiger partial charge on any atom is 0.281 e. The third-order valence-corrected chi connectivity index (χ3v) is 4.62. The summed E-state index contributed by atoms with van der Waals surface area (Å²) in [6.07, 6.45) is 0. The van der Waals surface area contributed by atoms with Crippen molar-refractivity contribution in [1.82, 2.24) is 10.9 Å². The summed E-state index contributed by atoms with van der Waals surface area (Å²) in [5.41, 5.74) is 4.55. The molecule has 0 fully saturated rings. The van der Waals surface area contributed by atoms with Crippen molar-refractivity contribution in [2.75, 3.05) is 0 Å². The third kappa shape index (κ3) is 2.84. The minimum Gasteiger partial charge on any atom is -0.266 e. The highest BCUT2D eigenvalue weighted by Gasteiger charge is 2.15. The fourth-order valence-electron chi connectivity index (χ4n) is 1.14. The van der Waals surface area contributed by atoms with Crippen LogP contribution in [-0.2, 0) is 0 Å². The van der Waals surface area contributed by atoms with Crippen LogP contribution in [0.4, 0.5) is 0 Å². The summed E-state index contributed by atoms with van der Waals surface area (Å²) in [5, 5.41) is 4.08. The fraction of sp³-hybridized carbons (Fsp3) is 0. The van der Waals surface area contributed by atoms with Gasteiger partial charge in [0.05, 0.1) is 10.0 Å². The molecule has 0 radical (unpaired) electrons. The maximum atomic E-state index is 11.7. The molecule has 2 aromatic heterocycles. The van der Waals surface area contributed by atoms with E-state index in [1.807, 2.05) is 0 Å². The minimum absolute atomic E-state index is 0.342. The highest BCUT2D eigenvalue weighted by Crippen LogP contribution is 2.22. The molecule has 0 aliphatic heterocycles. The zero-order valence-corrected chi connectivity index (χ0v) is 11.8. The van der Waals surface area contributed by atoms with Gasteiger partial charge in [0.15, 0.2) is 0 Å². The van der Waals surface area contributed by atoms with Crippen LogP contribution in [0.2, 0.25) is 10.0 Å². The lowest BCUT2D eigenvalue weighted by molar-refractivity contribution is 0.0851. The molecule has 0 atom stereocenters. The molecule has 2 aromatic rings. The molecule has 8 heteroatoms. The second kappa shape index (κ2) is 5.71. The third-order valence-electron chi connectivity index (χ3n) is 1.94. The summed E-state index contributed by atoms with van der Waals surface area (Å²) in [4.78, 5) is 24.0. The first-order chi connectivity index (χ1) is 8.59. The van der Waals surface area contributed by atoms with Crippen molar-refractivity contribution < 1.29 is 9.59 Å². The Morgan fingerprint density at radius 1 is 0.889 bits per heavy atom. The normalized spacial score (nSPS) is 10.1. The van der Waals surface area contributed by atoms with E-state index in [9.17, 15) is 9.59 Å². The van der Waals surface area contributed by atoms with Crippen LogP contribution in [0.1, 0.15) is 19.3 Å². The van der Waals surface area contributed by atoms with Crippen LogP contribution < -0.4 is 10.9 Å². The summed E-state index contributed by atoms with van der Waals surface area (Å²) in [5.74, 6) is -0.924. The lowest BCUT2D eigenvalue weighted by atomic mass is 10.4. The Kier molecular flexibility index (Phi) is 4.23. The van der Waals surface area contributed by atoms with Crippen molar-refractivity contribution in [3.8, 4) is 0 Å². The predicted octanol–water partition coefficient (Wildman–Crippen LogP) is 3.19. The molecule has 0 aromatic carbocycles. The second-order valence-corrected chi connectivity index (χ2v) is 5.75. The Balaban J connectivity index is 1.97. The largest absolute Gasteiger partial charge is 0.281 e. The summed E-state index contributed by atoms with van der Waals surface area (Å²) in [6.45, 7) is 0. The van der Waals surface area contributed by atoms with Crippen LogP contribution in [0.15, 0.2) is 22.9 Å². The van der Waals surface area contributed by atoms with Gasteiger partial charge in [0.2, 0.25) is 0 Å². The Morgan fingerprint density at radius 2 is 1.28 bits per heavy atom. The van der Waals surface area contributed by atoms with Gasteiger partial charge in [-0.25, -0.2) is 0 Å². The minimum atomic E-state index is -0.462. The van der Waals surface area contributed by atoms with E-state index in [1.165, 1.54) is 22.7 Å². The van der Waals surface area contributed by atoms with Crippen molar-refractivity contribution in [3.05, 3.63) is 42.7 Å². The monoisotopic (exact) mass is 320 g/mol. The highest BCUT2D eigenvalue weighted by atomic mass is 35.5. The molecular weight excluding hydrogens is 315 g/mol. The molecule has 2 amide bonds. The standard InChI is InChI=1S/C10H6Cl2N2O2S2/c11-5-1-3-17-7(5)9(15)13-14-10(16)8-6(12)2-4-18-8/h1-4H,(H,13,15)(H,14,16). The van der Waals surface area contributed by atoms with E-state index < -0.39 is 11.8 Å². The summed E-state index contributed by atoms with van der Waals surface area (Å²) in [7, 11) is 0. The smallest absolute Gasteiger partial charge is 0.266 e. The van der Waals surface area contributed by atoms with Crippen molar-refractivity contribution >= 4 is 57.7 Å². The lowest BCUT2D eigenvalue weighted by Gasteiger charge is -2.05. The summed E-state index contributed by atoms with van der Waals surface area (Å²) >= 11 is 14.0. The first-order valence-electron chi connectivity index (χ1n) is 4.66. The van der Waals surface area contributed by atoms with E-state index >= 15 is 0 Å². The molecular formula is C10H6Cl2N2O2S2. The van der Waals surface area contributed by atoms with Crippen LogP contribution in [0, 0.1) is 0 Å². The van der Waals surface area contributed by atoms with Gasteiger partial charge in [0.25, 0.3) is 11.8 Å². The molecule has 0 saturated carbocycles. The van der Waals surface area contributed by atoms with Crippen LogP contribution in [-0.4, -0.2) is 11.8 Å². The van der Waals surface area contributed by atoms with Gasteiger partial charge in [-0.15, -0.1) is 22.7 Å². The Hall–Kier alpha value is -1.08. The van der Waals surface area contributed by atoms with Gasteiger partial charge in [0.1, 0.15) is 9.75 Å². The topological polar surface area (TPSA) is 58.2 Å². The van der Waals surface area contributed by atoms with E-state index in [0.29, 0.717) is 19.8 Å². The zero-order chi connectivity index (χ0) is 13.1. The molecule has 0 aliphatic rings. The van der Waals surface area contributed by atoms with Gasteiger partial charge >= 0.3 is 0 Å². The number of hydrogen-bond acceptors (Lipinski definition) is 4. The Labute approximate surface area is 120 Å². The summed E-state index contributed by atoms with van der Waals surface area (Å²) in [6, 6.07) is 3.22. The molecule has 2 heterocycles. The maximum absolute atomic E-state index is 11.7. The number of rotatable bonds is 2. The van der Waals surface area contributed by atoms with Crippen LogP contribution in [0.3, 0.4) is 0 Å². The number of amides is 2. The molecule has 0 spiro atoms. The molecule has 0 unspecified atom stereocenters. The van der Waals surface area contributed by atoms with Gasteiger partial charge in [-0.1, -0.05) is 23.2 Å². The first-order valence-corrected chi connectivity index (χ1v) is 7.18. The number of hydrazine groups is 1. The van der Waals surface area contributed by atoms with E-state index in [1.54, 1.807) is 22.9 Å². The zero-order valence-electron chi connectivity index (χ0n) is 8.70. The van der Waals surface area contributed by atoms with Crippen molar-refractivity contribution in [3.63, 3.8) is 0 Å². The van der Waals surface area contributed by atoms with Crippen molar-refractivity contribution in [2.24, 2.45) is 0 Å². The SMILES string of the molecule is O=C(NNC(=O)c1sccc1Cl)c1sccc1Cl. The second-order valence-electron chi connectivity index (χ2n) is 3.10. The molecule has 18 heavy (non-hydrogen) atoms. The van der Waals surface area contributed by atoms with Crippen molar-refractivity contribution in [1.29, 1.82) is 0 Å². The number of halogens is 2. The first kappa shape index (κ1) is 13.4. The van der Waals surface area contributed by atoms with Gasteiger partial charge < -0.3 is 0 Å². The van der Waals surface area contributed by atoms with E-state index in [4.69, 9.17) is 23.2 Å². The predicted molar refractivity (Wildman–Crippen MR) is 73.6 cm³/mol. The Bertz CT molecular complexity index is 542. The van der Waals surface area contributed by atoms with E-state index in [2.05, 4.69) is 10.9 Å². The number of carbonyl (C=O) groups is 2. The molecule has 0 bridgehead atoms. The number of nitrogens with one attached hydrogen (secondary N) is 2. The summed E-state index contributed by atoms with van der Waals surface area (Å²) < 4.78 is 0. The molecule has 2 N–H and O–H groups in total. The van der Waals surface area contributed by atoms with Crippen LogP contribution in [0.5, 0.6) is 0 Å². The van der Waals surface area contributed by atoms with Gasteiger partial charge in [-0.2, -0.15) is 0 Å². The molecule has 4 nitrogen and oxygen atoms in total. The average Bonchev–Trinajstić information content (AvgIpc) is 2.94. The quantitative estimate of drug-likeness (QED) is 0.835. The molecule has 2 rings (SSSR count). The lowest BCUT2D eigenvalue weighted by Crippen LogP contribution is -2.41. The molecule has 94 valence electrons. The average molecular weight is 321 g/mol. The fourth-order valence-corrected chi connectivity index (χ4v) is 3.21. The number of thiophene rings is 2. The van der Waals surface area contributed by atoms with Gasteiger partial charge in [-0.3, -0.25) is 20.4 Å². The number of hydrogen-bond donors (Lipinski definition) is 2. The van der Waals surface area contributed by atoms with Gasteiger partial charge in [-0.05, 0) is 22.9 Å². The Morgan fingerprint density at radius 3 is 1.56 bits per heavy atom. The molecule has 0 aliphatic carbocycles. The highest BCUT2D eigenvalue weighted by molar-refractivity contribution is 7.13. The van der Waals surface area contributed by atoms with E-state index in [0.717, 1.165) is 0 Å². The molecule has 0 saturated heterocycles. The number of carbonyl (C=O) groups excluding carboxylic acids is 2. The van der Waals surface area contributed by atoms with Crippen LogP contribution >= 0.6 is 45.9 Å². The van der Waals surface area contributed by atoms with Crippen LogP contribution in [0.25, 0.3) is 0 Å². The van der Waals surface area contributed by atoms with E-state index in [-0.39, 0.29) is 0 Å². The van der Waals surface area contributed by atoms with Crippen molar-refractivity contribution in [2.45, 2.75) is 0 Å².